The predicted molar refractivity (Wildman–Crippen MR) is 74.8 cm³/mol. The van der Waals surface area contributed by atoms with Gasteiger partial charge in [-0.2, -0.15) is 0 Å². The summed E-state index contributed by atoms with van der Waals surface area (Å²) in [6.45, 7) is 3.36. The van der Waals surface area contributed by atoms with E-state index in [-0.39, 0.29) is 12.0 Å². The summed E-state index contributed by atoms with van der Waals surface area (Å²) in [6.07, 6.45) is 0.853. The molecule has 0 bridgehead atoms. The fourth-order valence-corrected chi connectivity index (χ4v) is 2.04. The predicted octanol–water partition coefficient (Wildman–Crippen LogP) is 2.05. The lowest BCUT2D eigenvalue weighted by Crippen LogP contribution is -2.13. The lowest BCUT2D eigenvalue weighted by atomic mass is 10.0. The van der Waals surface area contributed by atoms with Crippen LogP contribution >= 0.6 is 0 Å². The van der Waals surface area contributed by atoms with E-state index in [9.17, 15) is 4.79 Å². The van der Waals surface area contributed by atoms with Gasteiger partial charge in [-0.05, 0) is 24.1 Å². The molecule has 1 heterocycles. The van der Waals surface area contributed by atoms with Crippen molar-refractivity contribution in [2.75, 3.05) is 20.3 Å². The Morgan fingerprint density at radius 1 is 1.40 bits per heavy atom. The molecule has 5 nitrogen and oxygen atoms in total. The zero-order valence-corrected chi connectivity index (χ0v) is 11.9. The number of ether oxygens (including phenoxy) is 3. The van der Waals surface area contributed by atoms with E-state index >= 15 is 0 Å². The SMILES string of the molecule is COC(=O)CCC(N)c1ccc2c(c1)OCC(C)CO2. The molecule has 0 amide bonds. The molecule has 2 rings (SSSR count). The van der Waals surface area contributed by atoms with Crippen LogP contribution in [-0.4, -0.2) is 26.3 Å². The van der Waals surface area contributed by atoms with Crippen LogP contribution in [0.2, 0.25) is 0 Å². The Morgan fingerprint density at radius 3 is 2.80 bits per heavy atom. The Bertz CT molecular complexity index is 475. The second-order valence-electron chi connectivity index (χ2n) is 5.15. The van der Waals surface area contributed by atoms with E-state index in [1.165, 1.54) is 7.11 Å². The van der Waals surface area contributed by atoms with Gasteiger partial charge in [0, 0.05) is 18.4 Å². The van der Waals surface area contributed by atoms with Crippen molar-refractivity contribution in [2.45, 2.75) is 25.8 Å². The van der Waals surface area contributed by atoms with Crippen LogP contribution in [0.25, 0.3) is 0 Å². The first kappa shape index (κ1) is 14.7. The van der Waals surface area contributed by atoms with Crippen LogP contribution in [0.3, 0.4) is 0 Å². The minimum atomic E-state index is -0.247. The maximum absolute atomic E-state index is 11.1. The molecular weight excluding hydrogens is 258 g/mol. The van der Waals surface area contributed by atoms with Crippen molar-refractivity contribution >= 4 is 5.97 Å². The first-order valence-corrected chi connectivity index (χ1v) is 6.82. The molecule has 0 aromatic heterocycles. The van der Waals surface area contributed by atoms with Crippen LogP contribution in [-0.2, 0) is 9.53 Å². The van der Waals surface area contributed by atoms with Gasteiger partial charge in [0.1, 0.15) is 0 Å². The Labute approximate surface area is 119 Å². The van der Waals surface area contributed by atoms with Crippen molar-refractivity contribution in [2.24, 2.45) is 11.7 Å². The zero-order chi connectivity index (χ0) is 14.5. The number of carbonyl (C=O) groups is 1. The van der Waals surface area contributed by atoms with E-state index in [1.54, 1.807) is 0 Å². The molecule has 0 saturated heterocycles. The van der Waals surface area contributed by atoms with E-state index in [2.05, 4.69) is 11.7 Å². The molecule has 1 aromatic carbocycles. The van der Waals surface area contributed by atoms with E-state index in [4.69, 9.17) is 15.2 Å². The first-order valence-electron chi connectivity index (χ1n) is 6.82. The number of hydrogen-bond acceptors (Lipinski definition) is 5. The normalized spacial score (nSPS) is 19.1. The van der Waals surface area contributed by atoms with Gasteiger partial charge in [-0.1, -0.05) is 13.0 Å². The zero-order valence-electron chi connectivity index (χ0n) is 11.9. The third kappa shape index (κ3) is 3.63. The Morgan fingerprint density at radius 2 is 2.10 bits per heavy atom. The second kappa shape index (κ2) is 6.61. The lowest BCUT2D eigenvalue weighted by molar-refractivity contribution is -0.140. The fraction of sp³-hybridized carbons (Fsp3) is 0.533. The molecular formula is C15H21NO4. The van der Waals surface area contributed by atoms with Gasteiger partial charge in [-0.15, -0.1) is 0 Å². The summed E-state index contributed by atoms with van der Waals surface area (Å²) in [4.78, 5) is 11.1. The van der Waals surface area contributed by atoms with Gasteiger partial charge in [0.05, 0.1) is 20.3 Å². The number of methoxy groups -OCH3 is 1. The molecule has 1 aliphatic heterocycles. The van der Waals surface area contributed by atoms with Gasteiger partial charge in [0.15, 0.2) is 11.5 Å². The maximum Gasteiger partial charge on any atom is 0.305 e. The van der Waals surface area contributed by atoms with Crippen molar-refractivity contribution in [1.82, 2.24) is 0 Å². The van der Waals surface area contributed by atoms with Gasteiger partial charge < -0.3 is 19.9 Å². The number of benzene rings is 1. The fourth-order valence-electron chi connectivity index (χ4n) is 2.04. The van der Waals surface area contributed by atoms with E-state index in [0.717, 1.165) is 17.1 Å². The second-order valence-corrected chi connectivity index (χ2v) is 5.15. The number of rotatable bonds is 4. The molecule has 2 atom stereocenters. The van der Waals surface area contributed by atoms with Gasteiger partial charge in [-0.25, -0.2) is 0 Å². The molecule has 2 unspecified atom stereocenters. The third-order valence-corrected chi connectivity index (χ3v) is 3.33. The van der Waals surface area contributed by atoms with Crippen LogP contribution in [0.1, 0.15) is 31.4 Å². The Balaban J connectivity index is 2.04. The quantitative estimate of drug-likeness (QED) is 0.854. The van der Waals surface area contributed by atoms with Crippen LogP contribution in [0.4, 0.5) is 0 Å². The molecule has 1 aliphatic rings. The summed E-state index contributed by atoms with van der Waals surface area (Å²) in [6, 6.07) is 5.47. The molecule has 5 heteroatoms. The Hall–Kier alpha value is -1.75. The van der Waals surface area contributed by atoms with Gasteiger partial charge >= 0.3 is 5.97 Å². The largest absolute Gasteiger partial charge is 0.489 e. The van der Waals surface area contributed by atoms with Crippen molar-refractivity contribution in [3.8, 4) is 11.5 Å². The van der Waals surface area contributed by atoms with E-state index in [1.807, 2.05) is 18.2 Å². The summed E-state index contributed by atoms with van der Waals surface area (Å²) >= 11 is 0. The standard InChI is InChI=1S/C15H21NO4/c1-10-8-19-13-5-3-11(7-14(13)20-9-10)12(16)4-6-15(17)18-2/h3,5,7,10,12H,4,6,8-9,16H2,1-2H3. The molecule has 20 heavy (non-hydrogen) atoms. The Kier molecular flexibility index (Phi) is 4.84. The highest BCUT2D eigenvalue weighted by Crippen LogP contribution is 2.33. The van der Waals surface area contributed by atoms with Crippen molar-refractivity contribution < 1.29 is 19.0 Å². The third-order valence-electron chi connectivity index (χ3n) is 3.33. The number of esters is 1. The highest BCUT2D eigenvalue weighted by atomic mass is 16.5. The first-order chi connectivity index (χ1) is 9.60. The molecule has 0 radical (unpaired) electrons. The van der Waals surface area contributed by atoms with Crippen LogP contribution < -0.4 is 15.2 Å². The van der Waals surface area contributed by atoms with Crippen molar-refractivity contribution in [3.05, 3.63) is 23.8 Å². The molecule has 0 spiro atoms. The highest BCUT2D eigenvalue weighted by molar-refractivity contribution is 5.69. The summed E-state index contributed by atoms with van der Waals surface area (Å²) in [7, 11) is 1.38. The summed E-state index contributed by atoms with van der Waals surface area (Å²) in [5, 5.41) is 0. The lowest BCUT2D eigenvalue weighted by Gasteiger charge is -2.14. The van der Waals surface area contributed by atoms with Crippen LogP contribution in [0.5, 0.6) is 11.5 Å². The highest BCUT2D eigenvalue weighted by Gasteiger charge is 2.17. The topological polar surface area (TPSA) is 70.8 Å². The minimum absolute atomic E-state index is 0.219. The smallest absolute Gasteiger partial charge is 0.305 e. The monoisotopic (exact) mass is 279 g/mol. The molecule has 1 aromatic rings. The van der Waals surface area contributed by atoms with Crippen molar-refractivity contribution in [3.63, 3.8) is 0 Å². The summed E-state index contributed by atoms with van der Waals surface area (Å²) in [5.74, 6) is 1.58. The van der Waals surface area contributed by atoms with Gasteiger partial charge in [0.25, 0.3) is 0 Å². The number of fused-ring (bicyclic) bond motifs is 1. The summed E-state index contributed by atoms with van der Waals surface area (Å²) < 4.78 is 16.0. The molecule has 0 fully saturated rings. The maximum atomic E-state index is 11.1. The average Bonchev–Trinajstić information content (AvgIpc) is 2.66. The van der Waals surface area contributed by atoms with Crippen molar-refractivity contribution in [1.29, 1.82) is 0 Å². The average molecular weight is 279 g/mol. The van der Waals surface area contributed by atoms with Crippen LogP contribution in [0.15, 0.2) is 18.2 Å². The molecule has 0 saturated carbocycles. The van der Waals surface area contributed by atoms with Gasteiger partial charge in [0.2, 0.25) is 0 Å². The number of carbonyl (C=O) groups excluding carboxylic acids is 1. The number of nitrogens with two attached hydrogens (primary N) is 1. The number of hydrogen-bond donors (Lipinski definition) is 1. The molecule has 2 N–H and O–H groups in total. The van der Waals surface area contributed by atoms with Crippen LogP contribution in [0, 0.1) is 5.92 Å². The van der Waals surface area contributed by atoms with E-state index in [0.29, 0.717) is 32.0 Å². The molecule has 110 valence electrons. The molecule has 0 aliphatic carbocycles. The van der Waals surface area contributed by atoms with E-state index < -0.39 is 0 Å². The summed E-state index contributed by atoms with van der Waals surface area (Å²) in [5.41, 5.74) is 7.03. The van der Waals surface area contributed by atoms with Gasteiger partial charge in [-0.3, -0.25) is 4.79 Å². The minimum Gasteiger partial charge on any atom is -0.489 e.